The Bertz CT molecular complexity index is 707. The molecule has 3 rings (SSSR count). The average molecular weight is 345 g/mol. The van der Waals surface area contributed by atoms with E-state index in [1.165, 1.54) is 18.2 Å². The number of hydrogen-bond donors (Lipinski definition) is 0. The summed E-state index contributed by atoms with van der Waals surface area (Å²) in [5.41, 5.74) is 2.04. The molecule has 1 amide bonds. The molecule has 1 aromatic heterocycles. The van der Waals surface area contributed by atoms with Crippen molar-refractivity contribution in [2.24, 2.45) is 0 Å². The van der Waals surface area contributed by atoms with Crippen molar-refractivity contribution in [2.45, 2.75) is 57.3 Å². The number of para-hydroxylation sites is 1. The molecule has 0 unspecified atom stereocenters. The summed E-state index contributed by atoms with van der Waals surface area (Å²) in [5, 5.41) is 12.6. The number of rotatable bonds is 4. The van der Waals surface area contributed by atoms with Gasteiger partial charge in [0.2, 0.25) is 11.1 Å². The zero-order valence-electron chi connectivity index (χ0n) is 14.3. The van der Waals surface area contributed by atoms with Gasteiger partial charge in [0.25, 0.3) is 0 Å². The second-order valence-electron chi connectivity index (χ2n) is 6.38. The number of aryl methyl sites for hydroxylation is 1. The summed E-state index contributed by atoms with van der Waals surface area (Å²) in [6.07, 6.45) is 3.37. The lowest BCUT2D eigenvalue weighted by Gasteiger charge is -2.39. The first-order valence-electron chi connectivity index (χ1n) is 8.36. The van der Waals surface area contributed by atoms with Crippen LogP contribution in [0.1, 0.15) is 38.7 Å². The van der Waals surface area contributed by atoms with Crippen molar-refractivity contribution < 1.29 is 4.79 Å². The molecule has 6 nitrogen and oxygen atoms in total. The van der Waals surface area contributed by atoms with Crippen LogP contribution in [-0.2, 0) is 4.79 Å². The van der Waals surface area contributed by atoms with Gasteiger partial charge in [-0.3, -0.25) is 4.79 Å². The Balaban J connectivity index is 1.71. The highest BCUT2D eigenvalue weighted by molar-refractivity contribution is 7.99. The second kappa shape index (κ2) is 7.34. The maximum Gasteiger partial charge on any atom is 0.233 e. The van der Waals surface area contributed by atoms with Gasteiger partial charge in [-0.2, -0.15) is 4.68 Å². The molecule has 2 atom stereocenters. The number of thioether (sulfide) groups is 1. The third kappa shape index (κ3) is 3.45. The molecular weight excluding hydrogens is 322 g/mol. The highest BCUT2D eigenvalue weighted by Crippen LogP contribution is 2.25. The summed E-state index contributed by atoms with van der Waals surface area (Å²) in [6.45, 7) is 6.29. The van der Waals surface area contributed by atoms with Gasteiger partial charge in [0.15, 0.2) is 0 Å². The number of piperidine rings is 1. The van der Waals surface area contributed by atoms with E-state index >= 15 is 0 Å². The maximum atomic E-state index is 12.7. The van der Waals surface area contributed by atoms with Gasteiger partial charge >= 0.3 is 0 Å². The number of amides is 1. The number of nitrogens with zero attached hydrogens (tertiary/aromatic N) is 5. The van der Waals surface area contributed by atoms with Gasteiger partial charge in [-0.05, 0) is 62.1 Å². The summed E-state index contributed by atoms with van der Waals surface area (Å²) in [4.78, 5) is 14.7. The lowest BCUT2D eigenvalue weighted by atomic mass is 9.98. The molecule has 24 heavy (non-hydrogen) atoms. The quantitative estimate of drug-likeness (QED) is 0.797. The monoisotopic (exact) mass is 345 g/mol. The molecule has 128 valence electrons. The third-order valence-corrected chi connectivity index (χ3v) is 5.49. The van der Waals surface area contributed by atoms with Gasteiger partial charge in [0.1, 0.15) is 0 Å². The molecule has 2 heterocycles. The van der Waals surface area contributed by atoms with Crippen LogP contribution in [0.3, 0.4) is 0 Å². The molecule has 0 spiro atoms. The summed E-state index contributed by atoms with van der Waals surface area (Å²) in [6, 6.07) is 8.57. The summed E-state index contributed by atoms with van der Waals surface area (Å²) >= 11 is 1.40. The van der Waals surface area contributed by atoms with Gasteiger partial charge < -0.3 is 4.90 Å². The van der Waals surface area contributed by atoms with Crippen molar-refractivity contribution in [3.63, 3.8) is 0 Å². The zero-order chi connectivity index (χ0) is 17.1. The van der Waals surface area contributed by atoms with Crippen LogP contribution in [0, 0.1) is 6.92 Å². The zero-order valence-corrected chi connectivity index (χ0v) is 15.2. The maximum absolute atomic E-state index is 12.7. The van der Waals surface area contributed by atoms with E-state index in [0.717, 1.165) is 24.1 Å². The van der Waals surface area contributed by atoms with Crippen LogP contribution in [0.2, 0.25) is 0 Å². The largest absolute Gasteiger partial charge is 0.337 e. The van der Waals surface area contributed by atoms with E-state index in [0.29, 0.717) is 23.0 Å². The smallest absolute Gasteiger partial charge is 0.233 e. The molecule has 0 radical (unpaired) electrons. The minimum atomic E-state index is 0.166. The van der Waals surface area contributed by atoms with Crippen LogP contribution in [0.25, 0.3) is 5.69 Å². The number of carbonyl (C=O) groups is 1. The van der Waals surface area contributed by atoms with E-state index in [4.69, 9.17) is 0 Å². The van der Waals surface area contributed by atoms with E-state index in [9.17, 15) is 4.79 Å². The first kappa shape index (κ1) is 17.0. The molecular formula is C17H23N5OS. The van der Waals surface area contributed by atoms with Crippen LogP contribution in [-0.4, -0.2) is 48.9 Å². The number of aromatic nitrogens is 4. The predicted octanol–water partition coefficient (Wildman–Crippen LogP) is 2.85. The number of benzene rings is 1. The summed E-state index contributed by atoms with van der Waals surface area (Å²) in [7, 11) is 0. The Labute approximate surface area is 146 Å². The van der Waals surface area contributed by atoms with Gasteiger partial charge in [-0.1, -0.05) is 30.0 Å². The fourth-order valence-electron chi connectivity index (χ4n) is 3.33. The molecule has 2 aromatic rings. The third-order valence-electron chi connectivity index (χ3n) is 4.59. The van der Waals surface area contributed by atoms with Crippen LogP contribution in [0.5, 0.6) is 0 Å². The van der Waals surface area contributed by atoms with Crippen molar-refractivity contribution in [1.82, 2.24) is 25.1 Å². The van der Waals surface area contributed by atoms with Gasteiger partial charge in [0.05, 0.1) is 11.4 Å². The average Bonchev–Trinajstić information content (AvgIpc) is 3.01. The molecule has 0 saturated carbocycles. The Hall–Kier alpha value is -1.89. The molecule has 1 saturated heterocycles. The minimum absolute atomic E-state index is 0.166. The van der Waals surface area contributed by atoms with Crippen LogP contribution < -0.4 is 0 Å². The predicted molar refractivity (Wildman–Crippen MR) is 94.2 cm³/mol. The van der Waals surface area contributed by atoms with E-state index in [1.807, 2.05) is 36.1 Å². The van der Waals surface area contributed by atoms with E-state index in [1.54, 1.807) is 4.68 Å². The molecule has 7 heteroatoms. The van der Waals surface area contributed by atoms with Crippen molar-refractivity contribution >= 4 is 17.7 Å². The van der Waals surface area contributed by atoms with Crippen molar-refractivity contribution in [2.75, 3.05) is 5.75 Å². The molecule has 0 bridgehead atoms. The van der Waals surface area contributed by atoms with E-state index in [2.05, 4.69) is 29.4 Å². The van der Waals surface area contributed by atoms with Crippen molar-refractivity contribution in [3.8, 4) is 5.69 Å². The number of hydrogen-bond acceptors (Lipinski definition) is 5. The van der Waals surface area contributed by atoms with Crippen LogP contribution in [0.4, 0.5) is 0 Å². The van der Waals surface area contributed by atoms with Gasteiger partial charge in [0, 0.05) is 12.1 Å². The molecule has 1 fully saturated rings. The van der Waals surface area contributed by atoms with Gasteiger partial charge in [-0.15, -0.1) is 5.10 Å². The highest BCUT2D eigenvalue weighted by Gasteiger charge is 2.29. The fourth-order valence-corrected chi connectivity index (χ4v) is 4.09. The van der Waals surface area contributed by atoms with E-state index < -0.39 is 0 Å². The number of likely N-dealkylation sites (tertiary alicyclic amines) is 1. The normalized spacial score (nSPS) is 21.0. The SMILES string of the molecule is Cc1ccccc1-n1nnnc1SCC(=O)N1[C@H](C)CCC[C@H]1C. The summed E-state index contributed by atoms with van der Waals surface area (Å²) < 4.78 is 1.70. The lowest BCUT2D eigenvalue weighted by Crippen LogP contribution is -2.48. The Morgan fingerprint density at radius 2 is 1.96 bits per heavy atom. The standard InChI is InChI=1S/C17H23N5OS/c1-12-7-4-5-10-15(12)22-17(18-19-20-22)24-11-16(23)21-13(2)8-6-9-14(21)3/h4-5,7,10,13-14H,6,8-9,11H2,1-3H3/t13-,14-/m1/s1. The molecule has 1 aromatic carbocycles. The molecule has 0 N–H and O–H groups in total. The Morgan fingerprint density at radius 1 is 1.25 bits per heavy atom. The fraction of sp³-hybridized carbons (Fsp3) is 0.529. The topological polar surface area (TPSA) is 63.9 Å². The van der Waals surface area contributed by atoms with Crippen molar-refractivity contribution in [1.29, 1.82) is 0 Å². The molecule has 1 aliphatic heterocycles. The summed E-state index contributed by atoms with van der Waals surface area (Å²) in [5.74, 6) is 0.528. The lowest BCUT2D eigenvalue weighted by molar-refractivity contribution is -0.134. The van der Waals surface area contributed by atoms with E-state index in [-0.39, 0.29) is 5.91 Å². The minimum Gasteiger partial charge on any atom is -0.337 e. The first-order valence-corrected chi connectivity index (χ1v) is 9.35. The molecule has 0 aliphatic carbocycles. The van der Waals surface area contributed by atoms with Crippen LogP contribution in [0.15, 0.2) is 29.4 Å². The number of carbonyl (C=O) groups excluding carboxylic acids is 1. The number of tetrazole rings is 1. The van der Waals surface area contributed by atoms with Crippen molar-refractivity contribution in [3.05, 3.63) is 29.8 Å². The van der Waals surface area contributed by atoms with Gasteiger partial charge in [-0.25, -0.2) is 0 Å². The van der Waals surface area contributed by atoms with Crippen LogP contribution >= 0.6 is 11.8 Å². The highest BCUT2D eigenvalue weighted by atomic mass is 32.2. The Kier molecular flexibility index (Phi) is 5.18. The Morgan fingerprint density at radius 3 is 2.67 bits per heavy atom. The first-order chi connectivity index (χ1) is 11.6. The second-order valence-corrected chi connectivity index (χ2v) is 7.32. The molecule has 1 aliphatic rings.